The number of hydrogen-bond acceptors (Lipinski definition) is 3. The zero-order valence-corrected chi connectivity index (χ0v) is 17.4. The molecule has 0 fully saturated rings. The third-order valence-corrected chi connectivity index (χ3v) is 5.39. The minimum atomic E-state index is -0.202. The number of aliphatic imine (C=N–C) groups is 1. The van der Waals surface area contributed by atoms with Gasteiger partial charge in [0.25, 0.3) is 5.56 Å². The van der Waals surface area contributed by atoms with E-state index in [-0.39, 0.29) is 11.4 Å². The van der Waals surface area contributed by atoms with Crippen molar-refractivity contribution in [3.05, 3.63) is 64.3 Å². The molecule has 0 aliphatic heterocycles. The maximum atomic E-state index is 12.9. The maximum absolute atomic E-state index is 12.9. The lowest BCUT2D eigenvalue weighted by Gasteiger charge is -2.12. The van der Waals surface area contributed by atoms with Crippen molar-refractivity contribution in [2.75, 3.05) is 25.9 Å². The first kappa shape index (κ1) is 22.0. The molecule has 0 amide bonds. The van der Waals surface area contributed by atoms with Crippen molar-refractivity contribution < 1.29 is 4.39 Å². The second kappa shape index (κ2) is 12.2. The topological polar surface area (TPSA) is 58.4 Å². The number of pyridine rings is 1. The number of hydrogen-bond donors (Lipinski definition) is 2. The van der Waals surface area contributed by atoms with Crippen LogP contribution in [0, 0.1) is 12.7 Å². The molecule has 0 radical (unpaired) electrons. The summed E-state index contributed by atoms with van der Waals surface area (Å²) in [4.78, 5) is 17.1. The first-order valence-electron chi connectivity index (χ1n) is 9.59. The molecule has 1 heterocycles. The van der Waals surface area contributed by atoms with Gasteiger partial charge in [0.15, 0.2) is 5.96 Å². The van der Waals surface area contributed by atoms with E-state index >= 15 is 0 Å². The van der Waals surface area contributed by atoms with Crippen molar-refractivity contribution in [3.63, 3.8) is 0 Å². The van der Waals surface area contributed by atoms with Gasteiger partial charge < -0.3 is 15.2 Å². The molecule has 1 aromatic heterocycles. The smallest absolute Gasteiger partial charge is 0.250 e. The van der Waals surface area contributed by atoms with E-state index in [1.54, 1.807) is 43.1 Å². The van der Waals surface area contributed by atoms with Crippen LogP contribution in [-0.4, -0.2) is 36.4 Å². The lowest BCUT2D eigenvalue weighted by atomic mass is 10.3. The normalized spacial score (nSPS) is 11.5. The molecule has 5 nitrogen and oxygen atoms in total. The van der Waals surface area contributed by atoms with E-state index in [0.29, 0.717) is 0 Å². The van der Waals surface area contributed by atoms with E-state index in [4.69, 9.17) is 0 Å². The van der Waals surface area contributed by atoms with Crippen LogP contribution >= 0.6 is 11.8 Å². The van der Waals surface area contributed by atoms with Gasteiger partial charge in [-0.25, -0.2) is 4.39 Å². The van der Waals surface area contributed by atoms with Gasteiger partial charge >= 0.3 is 0 Å². The minimum absolute atomic E-state index is 0.0592. The number of rotatable bonds is 10. The van der Waals surface area contributed by atoms with Gasteiger partial charge in [0.2, 0.25) is 0 Å². The van der Waals surface area contributed by atoms with Gasteiger partial charge in [-0.1, -0.05) is 6.07 Å². The van der Waals surface area contributed by atoms with Crippen LogP contribution in [0.3, 0.4) is 0 Å². The number of aromatic nitrogens is 1. The van der Waals surface area contributed by atoms with Gasteiger partial charge in [-0.3, -0.25) is 9.79 Å². The number of unbranched alkanes of at least 4 members (excludes halogenated alkanes) is 1. The summed E-state index contributed by atoms with van der Waals surface area (Å²) in [6.07, 6.45) is 2.88. The Morgan fingerprint density at radius 1 is 1.07 bits per heavy atom. The summed E-state index contributed by atoms with van der Waals surface area (Å²) < 4.78 is 14.7. The molecule has 0 unspecified atom stereocenters. The largest absolute Gasteiger partial charge is 0.356 e. The summed E-state index contributed by atoms with van der Waals surface area (Å²) in [5.41, 5.74) is 1.06. The van der Waals surface area contributed by atoms with E-state index in [0.717, 1.165) is 61.2 Å². The second-order valence-corrected chi connectivity index (χ2v) is 7.61. The number of aryl methyl sites for hydroxylation is 1. The summed E-state index contributed by atoms with van der Waals surface area (Å²) in [5.74, 6) is 1.55. The summed E-state index contributed by atoms with van der Waals surface area (Å²) in [7, 11) is 1.76. The van der Waals surface area contributed by atoms with Gasteiger partial charge in [0.05, 0.1) is 0 Å². The molecular formula is C21H29FN4OS. The minimum Gasteiger partial charge on any atom is -0.356 e. The zero-order valence-electron chi connectivity index (χ0n) is 16.6. The molecule has 0 spiro atoms. The highest BCUT2D eigenvalue weighted by Crippen LogP contribution is 2.18. The van der Waals surface area contributed by atoms with Crippen LogP contribution in [-0.2, 0) is 6.54 Å². The number of thioether (sulfide) groups is 1. The third-order valence-electron chi connectivity index (χ3n) is 4.29. The van der Waals surface area contributed by atoms with Crippen LogP contribution in [0.1, 0.15) is 25.0 Å². The summed E-state index contributed by atoms with van der Waals surface area (Å²) in [5, 5.41) is 6.60. The van der Waals surface area contributed by atoms with E-state index < -0.39 is 0 Å². The number of halogens is 1. The average molecular weight is 405 g/mol. The zero-order chi connectivity index (χ0) is 20.2. The Morgan fingerprint density at radius 2 is 1.79 bits per heavy atom. The van der Waals surface area contributed by atoms with Crippen LogP contribution in [0.15, 0.2) is 57.1 Å². The fourth-order valence-electron chi connectivity index (χ4n) is 2.73. The number of nitrogens with zero attached hydrogens (tertiary/aromatic N) is 2. The first-order chi connectivity index (χ1) is 13.6. The standard InChI is InChI=1S/C21H29FN4OS/c1-17-7-5-8-20(27)26(17)15-4-3-13-24-21(23-2)25-14-6-16-28-19-11-9-18(22)10-12-19/h5,7-12H,3-4,6,13-16H2,1-2H3,(H2,23,24,25). The van der Waals surface area contributed by atoms with Crippen LogP contribution in [0.4, 0.5) is 4.39 Å². The highest BCUT2D eigenvalue weighted by Gasteiger charge is 2.01. The lowest BCUT2D eigenvalue weighted by molar-refractivity contribution is 0.575. The van der Waals surface area contributed by atoms with Crippen molar-refractivity contribution >= 4 is 17.7 Å². The fourth-order valence-corrected chi connectivity index (χ4v) is 3.59. The van der Waals surface area contributed by atoms with Crippen molar-refractivity contribution in [1.82, 2.24) is 15.2 Å². The highest BCUT2D eigenvalue weighted by atomic mass is 32.2. The maximum Gasteiger partial charge on any atom is 0.250 e. The quantitative estimate of drug-likeness (QED) is 0.276. The molecule has 2 rings (SSSR count). The summed E-state index contributed by atoms with van der Waals surface area (Å²) >= 11 is 1.72. The van der Waals surface area contributed by atoms with E-state index in [2.05, 4.69) is 15.6 Å². The molecule has 152 valence electrons. The van der Waals surface area contributed by atoms with Gasteiger partial charge in [-0.15, -0.1) is 11.8 Å². The number of nitrogens with one attached hydrogen (secondary N) is 2. The van der Waals surface area contributed by atoms with Crippen molar-refractivity contribution in [2.24, 2.45) is 4.99 Å². The van der Waals surface area contributed by atoms with Crippen molar-refractivity contribution in [1.29, 1.82) is 0 Å². The van der Waals surface area contributed by atoms with Crippen molar-refractivity contribution in [3.8, 4) is 0 Å². The fraction of sp³-hybridized carbons (Fsp3) is 0.429. The molecule has 1 aromatic carbocycles. The lowest BCUT2D eigenvalue weighted by Crippen LogP contribution is -2.38. The summed E-state index contributed by atoms with van der Waals surface area (Å²) in [6, 6.07) is 11.9. The van der Waals surface area contributed by atoms with Crippen molar-refractivity contribution in [2.45, 2.75) is 37.6 Å². The molecule has 0 saturated carbocycles. The van der Waals surface area contributed by atoms with E-state index in [9.17, 15) is 9.18 Å². The predicted molar refractivity (Wildman–Crippen MR) is 116 cm³/mol. The summed E-state index contributed by atoms with van der Waals surface area (Å²) in [6.45, 7) is 4.33. The van der Waals surface area contributed by atoms with Crippen LogP contribution in [0.2, 0.25) is 0 Å². The average Bonchev–Trinajstić information content (AvgIpc) is 2.69. The Bertz CT molecular complexity index is 805. The van der Waals surface area contributed by atoms with Gasteiger partial charge in [-0.05, 0) is 62.3 Å². The molecule has 2 N–H and O–H groups in total. The van der Waals surface area contributed by atoms with E-state index in [1.165, 1.54) is 12.1 Å². The van der Waals surface area contributed by atoms with Crippen LogP contribution in [0.25, 0.3) is 0 Å². The Hall–Kier alpha value is -2.28. The third kappa shape index (κ3) is 7.76. The highest BCUT2D eigenvalue weighted by molar-refractivity contribution is 7.99. The molecule has 0 aliphatic carbocycles. The SMILES string of the molecule is CN=C(NCCCCn1c(C)cccc1=O)NCCCSc1ccc(F)cc1. The number of guanidine groups is 1. The van der Waals surface area contributed by atoms with E-state index in [1.807, 2.05) is 17.6 Å². The van der Waals surface area contributed by atoms with Crippen LogP contribution in [0.5, 0.6) is 0 Å². The monoisotopic (exact) mass is 404 g/mol. The predicted octanol–water partition coefficient (Wildman–Crippen LogP) is 3.42. The molecule has 0 aliphatic rings. The first-order valence-corrected chi connectivity index (χ1v) is 10.6. The molecule has 0 atom stereocenters. The molecular weight excluding hydrogens is 375 g/mol. The Kier molecular flexibility index (Phi) is 9.62. The molecule has 0 bridgehead atoms. The van der Waals surface area contributed by atoms with Gasteiger partial charge in [-0.2, -0.15) is 0 Å². The molecule has 0 saturated heterocycles. The molecule has 7 heteroatoms. The second-order valence-electron chi connectivity index (χ2n) is 6.45. The Morgan fingerprint density at radius 3 is 2.46 bits per heavy atom. The molecule has 2 aromatic rings. The van der Waals surface area contributed by atoms with Gasteiger partial charge in [0.1, 0.15) is 5.82 Å². The van der Waals surface area contributed by atoms with Crippen LogP contribution < -0.4 is 16.2 Å². The molecule has 28 heavy (non-hydrogen) atoms. The Balaban J connectivity index is 1.56. The Labute approximate surface area is 170 Å². The van der Waals surface area contributed by atoms with Gasteiger partial charge in [0, 0.05) is 43.3 Å². The number of benzene rings is 1.